The van der Waals surface area contributed by atoms with Crippen LogP contribution in [-0.4, -0.2) is 54.7 Å². The third kappa shape index (κ3) is 6.78. The van der Waals surface area contributed by atoms with E-state index in [1.807, 2.05) is 42.2 Å². The molecule has 4 nitrogen and oxygen atoms in total. The fraction of sp³-hybridized carbons (Fsp3) is 0.409. The quantitative estimate of drug-likeness (QED) is 0.731. The second-order valence-corrected chi connectivity index (χ2v) is 7.37. The Labute approximate surface area is 168 Å². The number of benzene rings is 2. The highest BCUT2D eigenvalue weighted by molar-refractivity contribution is 5.78. The first kappa shape index (κ1) is 21.2. The highest BCUT2D eigenvalue weighted by Crippen LogP contribution is 2.20. The van der Waals surface area contributed by atoms with Gasteiger partial charge in [0.1, 0.15) is 5.75 Å². The predicted molar refractivity (Wildman–Crippen MR) is 105 cm³/mol. The lowest BCUT2D eigenvalue weighted by Crippen LogP contribution is -2.48. The Hall–Kier alpha value is -2.54. The van der Waals surface area contributed by atoms with E-state index in [-0.39, 0.29) is 11.7 Å². The van der Waals surface area contributed by atoms with Crippen molar-refractivity contribution in [3.05, 3.63) is 65.2 Å². The number of amides is 1. The van der Waals surface area contributed by atoms with Gasteiger partial charge in [-0.25, -0.2) is 0 Å². The molecule has 0 spiro atoms. The van der Waals surface area contributed by atoms with Gasteiger partial charge in [-0.3, -0.25) is 9.69 Å². The van der Waals surface area contributed by atoms with Gasteiger partial charge in [0.2, 0.25) is 5.91 Å². The monoisotopic (exact) mass is 406 g/mol. The zero-order chi connectivity index (χ0) is 20.9. The van der Waals surface area contributed by atoms with Crippen LogP contribution in [0.1, 0.15) is 16.7 Å². The van der Waals surface area contributed by atoms with E-state index in [2.05, 4.69) is 4.90 Å². The molecule has 1 aliphatic rings. The van der Waals surface area contributed by atoms with Crippen molar-refractivity contribution < 1.29 is 22.7 Å². The van der Waals surface area contributed by atoms with E-state index in [1.165, 1.54) is 11.6 Å². The van der Waals surface area contributed by atoms with Crippen LogP contribution in [0, 0.1) is 6.92 Å². The molecule has 1 aliphatic heterocycles. The van der Waals surface area contributed by atoms with Crippen LogP contribution in [0.15, 0.2) is 48.5 Å². The minimum atomic E-state index is -4.35. The van der Waals surface area contributed by atoms with Gasteiger partial charge in [0.05, 0.1) is 6.42 Å². The maximum absolute atomic E-state index is 12.5. The summed E-state index contributed by atoms with van der Waals surface area (Å²) in [5.74, 6) is 0.336. The SMILES string of the molecule is Cc1ccc(CC(=O)N2CCN(Cc3cccc(OCC(F)(F)F)c3)CC2)cc1. The number of rotatable bonds is 6. The molecule has 29 heavy (non-hydrogen) atoms. The van der Waals surface area contributed by atoms with Crippen molar-refractivity contribution >= 4 is 5.91 Å². The zero-order valence-corrected chi connectivity index (χ0v) is 16.4. The van der Waals surface area contributed by atoms with Gasteiger partial charge < -0.3 is 9.64 Å². The van der Waals surface area contributed by atoms with Gasteiger partial charge >= 0.3 is 6.18 Å². The van der Waals surface area contributed by atoms with E-state index in [1.54, 1.807) is 12.1 Å². The van der Waals surface area contributed by atoms with E-state index in [4.69, 9.17) is 4.74 Å². The molecule has 156 valence electrons. The second-order valence-electron chi connectivity index (χ2n) is 7.37. The molecule has 1 fully saturated rings. The topological polar surface area (TPSA) is 32.8 Å². The van der Waals surface area contributed by atoms with Gasteiger partial charge in [-0.2, -0.15) is 13.2 Å². The molecule has 0 aliphatic carbocycles. The molecule has 0 N–H and O–H groups in total. The molecule has 1 heterocycles. The van der Waals surface area contributed by atoms with Crippen LogP contribution in [-0.2, 0) is 17.8 Å². The summed E-state index contributed by atoms with van der Waals surface area (Å²) in [6.45, 7) is 4.09. The van der Waals surface area contributed by atoms with E-state index in [0.29, 0.717) is 26.1 Å². The summed E-state index contributed by atoms with van der Waals surface area (Å²) in [6.07, 6.45) is -3.95. The Balaban J connectivity index is 1.47. The number of aryl methyl sites for hydroxylation is 1. The Morgan fingerprint density at radius 1 is 1.00 bits per heavy atom. The number of carbonyl (C=O) groups excluding carboxylic acids is 1. The van der Waals surface area contributed by atoms with Crippen molar-refractivity contribution in [2.45, 2.75) is 26.1 Å². The Morgan fingerprint density at radius 3 is 2.34 bits per heavy atom. The summed E-state index contributed by atoms with van der Waals surface area (Å²) in [7, 11) is 0. The van der Waals surface area contributed by atoms with Crippen LogP contribution >= 0.6 is 0 Å². The number of hydrogen-bond acceptors (Lipinski definition) is 3. The summed E-state index contributed by atoms with van der Waals surface area (Å²) in [4.78, 5) is 16.6. The molecule has 0 atom stereocenters. The highest BCUT2D eigenvalue weighted by atomic mass is 19.4. The van der Waals surface area contributed by atoms with E-state index >= 15 is 0 Å². The van der Waals surface area contributed by atoms with Crippen molar-refractivity contribution in [2.75, 3.05) is 32.8 Å². The minimum absolute atomic E-state index is 0.121. The third-order valence-electron chi connectivity index (χ3n) is 4.91. The summed E-state index contributed by atoms with van der Waals surface area (Å²) in [5.41, 5.74) is 3.07. The molecular weight excluding hydrogens is 381 g/mol. The number of halogens is 3. The number of ether oxygens (including phenoxy) is 1. The number of hydrogen-bond donors (Lipinski definition) is 0. The Kier molecular flexibility index (Phi) is 6.79. The lowest BCUT2D eigenvalue weighted by molar-refractivity contribution is -0.153. The predicted octanol–water partition coefficient (Wildman–Crippen LogP) is 3.82. The van der Waals surface area contributed by atoms with Gasteiger partial charge in [-0.1, -0.05) is 42.0 Å². The molecule has 2 aromatic rings. The van der Waals surface area contributed by atoms with Crippen LogP contribution < -0.4 is 4.74 Å². The summed E-state index contributed by atoms with van der Waals surface area (Å²) in [6, 6.07) is 14.7. The number of carbonyl (C=O) groups is 1. The molecule has 3 rings (SSSR count). The van der Waals surface area contributed by atoms with Gasteiger partial charge in [0, 0.05) is 32.7 Å². The van der Waals surface area contributed by atoms with Gasteiger partial charge in [0.25, 0.3) is 0 Å². The average Bonchev–Trinajstić information content (AvgIpc) is 2.68. The van der Waals surface area contributed by atoms with Gasteiger partial charge in [0.15, 0.2) is 6.61 Å². The number of alkyl halides is 3. The molecular formula is C22H25F3N2O2. The lowest BCUT2D eigenvalue weighted by Gasteiger charge is -2.35. The van der Waals surface area contributed by atoms with E-state index < -0.39 is 12.8 Å². The molecule has 1 saturated heterocycles. The maximum Gasteiger partial charge on any atom is 0.422 e. The van der Waals surface area contributed by atoms with Crippen LogP contribution in [0.25, 0.3) is 0 Å². The molecule has 1 amide bonds. The van der Waals surface area contributed by atoms with Crippen LogP contribution in [0.5, 0.6) is 5.75 Å². The van der Waals surface area contributed by atoms with Gasteiger partial charge in [-0.05, 0) is 30.2 Å². The van der Waals surface area contributed by atoms with Crippen molar-refractivity contribution in [1.82, 2.24) is 9.80 Å². The van der Waals surface area contributed by atoms with E-state index in [0.717, 1.165) is 24.2 Å². The second kappa shape index (κ2) is 9.31. The first-order valence-electron chi connectivity index (χ1n) is 9.63. The molecule has 0 saturated carbocycles. The zero-order valence-electron chi connectivity index (χ0n) is 16.4. The normalized spacial score (nSPS) is 15.4. The smallest absolute Gasteiger partial charge is 0.422 e. The number of nitrogens with zero attached hydrogens (tertiary/aromatic N) is 2. The Bertz CT molecular complexity index is 814. The first-order valence-corrected chi connectivity index (χ1v) is 9.63. The highest BCUT2D eigenvalue weighted by Gasteiger charge is 2.28. The standard InChI is InChI=1S/C22H25F3N2O2/c1-17-5-7-18(8-6-17)14-21(28)27-11-9-26(10-12-27)15-19-3-2-4-20(13-19)29-16-22(23,24)25/h2-8,13H,9-12,14-16H2,1H3. The molecule has 0 bridgehead atoms. The summed E-state index contributed by atoms with van der Waals surface area (Å²) < 4.78 is 41.7. The summed E-state index contributed by atoms with van der Waals surface area (Å²) >= 11 is 0. The molecule has 0 radical (unpaired) electrons. The molecule has 0 aromatic heterocycles. The molecule has 7 heteroatoms. The first-order chi connectivity index (χ1) is 13.8. The van der Waals surface area contributed by atoms with Gasteiger partial charge in [-0.15, -0.1) is 0 Å². The van der Waals surface area contributed by atoms with Crippen molar-refractivity contribution in [1.29, 1.82) is 0 Å². The fourth-order valence-corrected chi connectivity index (χ4v) is 3.30. The fourth-order valence-electron chi connectivity index (χ4n) is 3.30. The lowest BCUT2D eigenvalue weighted by atomic mass is 10.1. The van der Waals surface area contributed by atoms with Crippen molar-refractivity contribution in [3.63, 3.8) is 0 Å². The summed E-state index contributed by atoms with van der Waals surface area (Å²) in [5, 5.41) is 0. The third-order valence-corrected chi connectivity index (χ3v) is 4.91. The Morgan fingerprint density at radius 2 is 1.69 bits per heavy atom. The van der Waals surface area contributed by atoms with E-state index in [9.17, 15) is 18.0 Å². The molecule has 0 unspecified atom stereocenters. The number of piperazine rings is 1. The van der Waals surface area contributed by atoms with Crippen LogP contribution in [0.2, 0.25) is 0 Å². The van der Waals surface area contributed by atoms with Crippen molar-refractivity contribution in [2.24, 2.45) is 0 Å². The largest absolute Gasteiger partial charge is 0.484 e. The average molecular weight is 406 g/mol. The van der Waals surface area contributed by atoms with Crippen LogP contribution in [0.3, 0.4) is 0 Å². The van der Waals surface area contributed by atoms with Crippen molar-refractivity contribution in [3.8, 4) is 5.75 Å². The van der Waals surface area contributed by atoms with Crippen LogP contribution in [0.4, 0.5) is 13.2 Å². The molecule has 2 aromatic carbocycles. The maximum atomic E-state index is 12.5. The minimum Gasteiger partial charge on any atom is -0.484 e.